The average molecular weight is 381 g/mol. The minimum Gasteiger partial charge on any atom is -0.487 e. The molecular weight excluding hydrogens is 348 g/mol. The van der Waals surface area contributed by atoms with Gasteiger partial charge in [0.05, 0.1) is 0 Å². The molecule has 0 amide bonds. The van der Waals surface area contributed by atoms with Crippen LogP contribution in [0.25, 0.3) is 11.0 Å². The summed E-state index contributed by atoms with van der Waals surface area (Å²) in [6.07, 6.45) is 11.1. The molecule has 0 saturated heterocycles. The Morgan fingerprint density at radius 2 is 1.68 bits per heavy atom. The largest absolute Gasteiger partial charge is 0.487 e. The number of ether oxygens (including phenoxy) is 1. The first-order valence-corrected chi connectivity index (χ1v) is 11.2. The van der Waals surface area contributed by atoms with E-state index >= 15 is 0 Å². The standard InChI is InChI=1S/C25H32O3/c1-24(2,3)17-9-12-25(13-10-17)11-8-16-14-20-18-6-4-5-7-19(18)23(26)27-22(20)15-21(16)28-25/h14-15,17H,4-13H2,1-3H3. The van der Waals surface area contributed by atoms with Crippen molar-refractivity contribution in [1.29, 1.82) is 0 Å². The summed E-state index contributed by atoms with van der Waals surface area (Å²) in [5.74, 6) is 1.73. The van der Waals surface area contributed by atoms with Crippen LogP contribution in [0.15, 0.2) is 21.3 Å². The van der Waals surface area contributed by atoms with Crippen molar-refractivity contribution in [2.45, 2.75) is 90.6 Å². The van der Waals surface area contributed by atoms with E-state index in [1.54, 1.807) is 0 Å². The summed E-state index contributed by atoms with van der Waals surface area (Å²) in [6, 6.07) is 4.27. The maximum atomic E-state index is 12.5. The highest BCUT2D eigenvalue weighted by molar-refractivity contribution is 5.84. The number of rotatable bonds is 0. The predicted molar refractivity (Wildman–Crippen MR) is 112 cm³/mol. The quantitative estimate of drug-likeness (QED) is 0.528. The first kappa shape index (κ1) is 18.3. The monoisotopic (exact) mass is 380 g/mol. The second kappa shape index (κ2) is 6.37. The SMILES string of the molecule is CC(C)(C)C1CCC2(CCc3cc4c5c(c(=O)oc4cc3O2)CCCC5)CC1. The Morgan fingerprint density at radius 3 is 2.39 bits per heavy atom. The van der Waals surface area contributed by atoms with Gasteiger partial charge in [0, 0.05) is 17.0 Å². The average Bonchev–Trinajstić information content (AvgIpc) is 2.67. The van der Waals surface area contributed by atoms with Gasteiger partial charge >= 0.3 is 5.63 Å². The Kier molecular flexibility index (Phi) is 4.16. The fourth-order valence-corrected chi connectivity index (χ4v) is 5.81. The van der Waals surface area contributed by atoms with E-state index in [9.17, 15) is 4.79 Å². The second-order valence-corrected chi connectivity index (χ2v) is 10.4. The summed E-state index contributed by atoms with van der Waals surface area (Å²) in [5.41, 5.74) is 4.36. The molecule has 1 aliphatic heterocycles. The molecule has 0 N–H and O–H groups in total. The van der Waals surface area contributed by atoms with Crippen molar-refractivity contribution >= 4 is 11.0 Å². The highest BCUT2D eigenvalue weighted by Crippen LogP contribution is 2.48. The maximum absolute atomic E-state index is 12.5. The van der Waals surface area contributed by atoms with Gasteiger partial charge in [0.1, 0.15) is 16.9 Å². The Balaban J connectivity index is 1.48. The lowest BCUT2D eigenvalue weighted by Crippen LogP contribution is -2.44. The summed E-state index contributed by atoms with van der Waals surface area (Å²) < 4.78 is 12.4. The Labute approximate surface area is 167 Å². The van der Waals surface area contributed by atoms with E-state index < -0.39 is 0 Å². The second-order valence-electron chi connectivity index (χ2n) is 10.4. The summed E-state index contributed by atoms with van der Waals surface area (Å²) in [6.45, 7) is 7.09. The van der Waals surface area contributed by atoms with Crippen LogP contribution < -0.4 is 10.4 Å². The van der Waals surface area contributed by atoms with Gasteiger partial charge in [0.2, 0.25) is 0 Å². The van der Waals surface area contributed by atoms with Gasteiger partial charge in [-0.15, -0.1) is 0 Å². The molecule has 0 atom stereocenters. The lowest BCUT2D eigenvalue weighted by atomic mass is 9.67. The van der Waals surface area contributed by atoms with Crippen LogP contribution in [0.5, 0.6) is 5.75 Å². The van der Waals surface area contributed by atoms with Crippen molar-refractivity contribution in [3.63, 3.8) is 0 Å². The van der Waals surface area contributed by atoms with Crippen LogP contribution in [-0.4, -0.2) is 5.60 Å². The molecule has 3 nitrogen and oxygen atoms in total. The van der Waals surface area contributed by atoms with Crippen LogP contribution in [-0.2, 0) is 19.3 Å². The molecule has 0 radical (unpaired) electrons. The summed E-state index contributed by atoms with van der Waals surface area (Å²) in [7, 11) is 0. The first-order valence-electron chi connectivity index (χ1n) is 11.2. The molecule has 3 heteroatoms. The molecule has 0 unspecified atom stereocenters. The van der Waals surface area contributed by atoms with E-state index in [0.29, 0.717) is 11.0 Å². The van der Waals surface area contributed by atoms with Crippen LogP contribution in [0.1, 0.15) is 82.4 Å². The molecule has 1 aromatic carbocycles. The van der Waals surface area contributed by atoms with Crippen LogP contribution in [0.4, 0.5) is 0 Å². The highest BCUT2D eigenvalue weighted by Gasteiger charge is 2.42. The number of aryl methyl sites for hydroxylation is 2. The summed E-state index contributed by atoms with van der Waals surface area (Å²) >= 11 is 0. The van der Waals surface area contributed by atoms with Gasteiger partial charge in [-0.25, -0.2) is 4.79 Å². The lowest BCUT2D eigenvalue weighted by Gasteiger charge is -2.46. The van der Waals surface area contributed by atoms with Gasteiger partial charge in [0.25, 0.3) is 0 Å². The normalized spacial score (nSPS) is 27.3. The molecule has 28 heavy (non-hydrogen) atoms. The molecule has 2 aromatic rings. The fraction of sp³-hybridized carbons (Fsp3) is 0.640. The van der Waals surface area contributed by atoms with Crippen molar-refractivity contribution in [2.24, 2.45) is 11.3 Å². The zero-order chi connectivity index (χ0) is 19.5. The van der Waals surface area contributed by atoms with Gasteiger partial charge in [-0.1, -0.05) is 20.8 Å². The molecular formula is C25H32O3. The number of hydrogen-bond donors (Lipinski definition) is 0. The van der Waals surface area contributed by atoms with Crippen LogP contribution >= 0.6 is 0 Å². The fourth-order valence-electron chi connectivity index (χ4n) is 5.81. The van der Waals surface area contributed by atoms with Crippen molar-refractivity contribution < 1.29 is 9.15 Å². The number of fused-ring (bicyclic) bond motifs is 4. The molecule has 150 valence electrons. The van der Waals surface area contributed by atoms with E-state index in [4.69, 9.17) is 9.15 Å². The third-order valence-electron chi connectivity index (χ3n) is 7.70. The zero-order valence-electron chi connectivity index (χ0n) is 17.5. The first-order chi connectivity index (χ1) is 13.3. The van der Waals surface area contributed by atoms with Gasteiger partial charge in [0.15, 0.2) is 0 Å². The molecule has 1 aromatic heterocycles. The molecule has 0 bridgehead atoms. The Bertz CT molecular complexity index is 968. The molecule has 2 heterocycles. The zero-order valence-corrected chi connectivity index (χ0v) is 17.5. The minimum absolute atomic E-state index is 0.0169. The van der Waals surface area contributed by atoms with Crippen LogP contribution in [0.2, 0.25) is 0 Å². The van der Waals surface area contributed by atoms with Gasteiger partial charge in [-0.05, 0) is 92.7 Å². The minimum atomic E-state index is -0.140. The van der Waals surface area contributed by atoms with Gasteiger partial charge in [-0.3, -0.25) is 0 Å². The smallest absolute Gasteiger partial charge is 0.339 e. The Morgan fingerprint density at radius 1 is 0.964 bits per heavy atom. The van der Waals surface area contributed by atoms with Crippen molar-refractivity contribution in [3.05, 3.63) is 39.2 Å². The van der Waals surface area contributed by atoms with E-state index in [1.807, 2.05) is 6.07 Å². The topological polar surface area (TPSA) is 39.4 Å². The molecule has 5 rings (SSSR count). The maximum Gasteiger partial charge on any atom is 0.339 e. The van der Waals surface area contributed by atoms with E-state index in [2.05, 4.69) is 26.8 Å². The third kappa shape index (κ3) is 2.98. The van der Waals surface area contributed by atoms with Crippen molar-refractivity contribution in [2.75, 3.05) is 0 Å². The molecule has 1 fully saturated rings. The van der Waals surface area contributed by atoms with E-state index in [-0.39, 0.29) is 11.2 Å². The highest BCUT2D eigenvalue weighted by atomic mass is 16.5. The molecule has 1 saturated carbocycles. The van der Waals surface area contributed by atoms with Crippen LogP contribution in [0, 0.1) is 11.3 Å². The molecule has 3 aliphatic rings. The van der Waals surface area contributed by atoms with E-state index in [0.717, 1.165) is 74.0 Å². The molecule has 2 aliphatic carbocycles. The summed E-state index contributed by atoms with van der Waals surface area (Å²) in [5, 5.41) is 1.14. The van der Waals surface area contributed by atoms with Gasteiger partial charge in [-0.2, -0.15) is 0 Å². The van der Waals surface area contributed by atoms with Gasteiger partial charge < -0.3 is 9.15 Å². The molecule has 1 spiro atoms. The lowest BCUT2D eigenvalue weighted by molar-refractivity contribution is -0.0184. The van der Waals surface area contributed by atoms with Crippen LogP contribution in [0.3, 0.4) is 0 Å². The number of hydrogen-bond acceptors (Lipinski definition) is 3. The predicted octanol–water partition coefficient (Wildman–Crippen LogP) is 5.97. The van der Waals surface area contributed by atoms with E-state index in [1.165, 1.54) is 24.0 Å². The Hall–Kier alpha value is -1.77. The summed E-state index contributed by atoms with van der Waals surface area (Å²) in [4.78, 5) is 12.5. The number of benzene rings is 1. The van der Waals surface area contributed by atoms with Crippen molar-refractivity contribution in [1.82, 2.24) is 0 Å². The van der Waals surface area contributed by atoms with Crippen molar-refractivity contribution in [3.8, 4) is 5.75 Å². The third-order valence-corrected chi connectivity index (χ3v) is 7.70.